The second-order valence-corrected chi connectivity index (χ2v) is 5.48. The third-order valence-electron chi connectivity index (χ3n) is 3.09. The molecule has 1 aromatic carbocycles. The van der Waals surface area contributed by atoms with Gasteiger partial charge in [-0.25, -0.2) is 0 Å². The molecule has 6 heteroatoms. The van der Waals surface area contributed by atoms with Gasteiger partial charge in [0.25, 0.3) is 0 Å². The van der Waals surface area contributed by atoms with Crippen LogP contribution in [0.3, 0.4) is 0 Å². The van der Waals surface area contributed by atoms with Gasteiger partial charge in [0.1, 0.15) is 6.54 Å². The van der Waals surface area contributed by atoms with Gasteiger partial charge in [0.15, 0.2) is 0 Å². The average Bonchev–Trinajstić information content (AvgIpc) is 2.47. The molecule has 1 aliphatic rings. The van der Waals surface area contributed by atoms with Crippen LogP contribution in [0.1, 0.15) is 6.42 Å². The molecular formula is C14H15N3O2S. The number of anilines is 1. The van der Waals surface area contributed by atoms with Crippen LogP contribution in [0, 0.1) is 11.3 Å². The molecule has 20 heavy (non-hydrogen) atoms. The summed E-state index contributed by atoms with van der Waals surface area (Å²) in [4.78, 5) is 28.1. The van der Waals surface area contributed by atoms with Gasteiger partial charge in [-0.15, -0.1) is 11.8 Å². The molecule has 5 nitrogen and oxygen atoms in total. The molecule has 1 aliphatic heterocycles. The SMILES string of the molecule is CN(CCC#N)C(=O)CN1C(=O)CSc2ccccc21. The molecule has 2 amide bonds. The molecule has 104 valence electrons. The molecule has 0 aliphatic carbocycles. The number of fused-ring (bicyclic) bond motifs is 1. The molecular weight excluding hydrogens is 274 g/mol. The summed E-state index contributed by atoms with van der Waals surface area (Å²) in [6, 6.07) is 9.57. The summed E-state index contributed by atoms with van der Waals surface area (Å²) in [5, 5.41) is 8.54. The molecule has 2 rings (SSSR count). The third kappa shape index (κ3) is 3.11. The zero-order chi connectivity index (χ0) is 14.5. The minimum Gasteiger partial charge on any atom is -0.343 e. The normalized spacial score (nSPS) is 13.6. The standard InChI is InChI=1S/C14H15N3O2S/c1-16(8-4-7-15)13(18)9-17-11-5-2-3-6-12(11)20-10-14(17)19/h2-3,5-6H,4,8-10H2,1H3. The second-order valence-electron chi connectivity index (χ2n) is 4.46. The lowest BCUT2D eigenvalue weighted by Gasteiger charge is -2.29. The molecule has 1 aromatic rings. The highest BCUT2D eigenvalue weighted by Gasteiger charge is 2.26. The topological polar surface area (TPSA) is 64.4 Å². The molecule has 0 radical (unpaired) electrons. The Hall–Kier alpha value is -2.00. The monoisotopic (exact) mass is 289 g/mol. The molecule has 0 N–H and O–H groups in total. The minimum absolute atomic E-state index is 0.0261. The fourth-order valence-electron chi connectivity index (χ4n) is 1.93. The fourth-order valence-corrected chi connectivity index (χ4v) is 2.86. The van der Waals surface area contributed by atoms with E-state index >= 15 is 0 Å². The van der Waals surface area contributed by atoms with Crippen molar-refractivity contribution in [3.63, 3.8) is 0 Å². The molecule has 0 atom stereocenters. The van der Waals surface area contributed by atoms with Gasteiger partial charge < -0.3 is 9.80 Å². The van der Waals surface area contributed by atoms with Gasteiger partial charge in [0.05, 0.1) is 23.9 Å². The molecule has 0 aromatic heterocycles. The van der Waals surface area contributed by atoms with Crippen LogP contribution < -0.4 is 4.90 Å². The maximum absolute atomic E-state index is 12.1. The molecule has 0 saturated carbocycles. The van der Waals surface area contributed by atoms with Crippen LogP contribution in [0.25, 0.3) is 0 Å². The number of hydrogen-bond donors (Lipinski definition) is 0. The second kappa shape index (κ2) is 6.44. The Kier molecular flexibility index (Phi) is 4.64. The quantitative estimate of drug-likeness (QED) is 0.842. The summed E-state index contributed by atoms with van der Waals surface area (Å²) in [5.41, 5.74) is 0.788. The molecule has 0 bridgehead atoms. The van der Waals surface area contributed by atoms with E-state index in [1.807, 2.05) is 30.3 Å². The van der Waals surface area contributed by atoms with Gasteiger partial charge in [-0.1, -0.05) is 12.1 Å². The van der Waals surface area contributed by atoms with Crippen molar-refractivity contribution >= 4 is 29.3 Å². The number of likely N-dealkylation sites (N-methyl/N-ethyl adjacent to an activating group) is 1. The summed E-state index contributed by atoms with van der Waals surface area (Å²) in [5.74, 6) is 0.137. The summed E-state index contributed by atoms with van der Waals surface area (Å²) in [6.07, 6.45) is 0.294. The lowest BCUT2D eigenvalue weighted by Crippen LogP contribution is -2.44. The Morgan fingerprint density at radius 3 is 3.00 bits per heavy atom. The van der Waals surface area contributed by atoms with Crippen LogP contribution in [-0.2, 0) is 9.59 Å². The van der Waals surface area contributed by atoms with Crippen LogP contribution in [-0.4, -0.2) is 42.6 Å². The van der Waals surface area contributed by atoms with E-state index in [1.54, 1.807) is 7.05 Å². The van der Waals surface area contributed by atoms with E-state index in [0.717, 1.165) is 10.6 Å². The van der Waals surface area contributed by atoms with E-state index in [0.29, 0.717) is 18.7 Å². The zero-order valence-electron chi connectivity index (χ0n) is 11.2. The summed E-state index contributed by atoms with van der Waals surface area (Å²) in [7, 11) is 1.65. The van der Waals surface area contributed by atoms with Gasteiger partial charge in [-0.05, 0) is 12.1 Å². The number of benzene rings is 1. The van der Waals surface area contributed by atoms with E-state index in [-0.39, 0.29) is 18.4 Å². The molecule has 0 saturated heterocycles. The number of nitrogens with zero attached hydrogens (tertiary/aromatic N) is 3. The highest BCUT2D eigenvalue weighted by atomic mass is 32.2. The van der Waals surface area contributed by atoms with Crippen LogP contribution in [0.4, 0.5) is 5.69 Å². The van der Waals surface area contributed by atoms with E-state index in [1.165, 1.54) is 21.6 Å². The van der Waals surface area contributed by atoms with Gasteiger partial charge in [-0.2, -0.15) is 5.26 Å². The summed E-state index contributed by atoms with van der Waals surface area (Å²) >= 11 is 1.49. The van der Waals surface area contributed by atoms with Crippen molar-refractivity contribution in [2.24, 2.45) is 0 Å². The van der Waals surface area contributed by atoms with E-state index < -0.39 is 0 Å². The molecule has 1 heterocycles. The third-order valence-corrected chi connectivity index (χ3v) is 4.13. The van der Waals surface area contributed by atoms with E-state index in [9.17, 15) is 9.59 Å². The van der Waals surface area contributed by atoms with Gasteiger partial charge in [0, 0.05) is 18.5 Å². The van der Waals surface area contributed by atoms with Crippen molar-refractivity contribution in [2.45, 2.75) is 11.3 Å². The summed E-state index contributed by atoms with van der Waals surface area (Å²) < 4.78 is 0. The zero-order valence-corrected chi connectivity index (χ0v) is 12.0. The maximum Gasteiger partial charge on any atom is 0.242 e. The summed E-state index contributed by atoms with van der Waals surface area (Å²) in [6.45, 7) is 0.409. The Bertz CT molecular complexity index is 568. The number of thioether (sulfide) groups is 1. The van der Waals surface area contributed by atoms with Gasteiger partial charge in [0.2, 0.25) is 11.8 Å². The Morgan fingerprint density at radius 2 is 2.25 bits per heavy atom. The Morgan fingerprint density at radius 1 is 1.50 bits per heavy atom. The van der Waals surface area contributed by atoms with Crippen LogP contribution in [0.5, 0.6) is 0 Å². The molecule has 0 unspecified atom stereocenters. The van der Waals surface area contributed by atoms with Crippen molar-refractivity contribution in [3.05, 3.63) is 24.3 Å². The van der Waals surface area contributed by atoms with E-state index in [2.05, 4.69) is 0 Å². The van der Waals surface area contributed by atoms with Crippen molar-refractivity contribution in [1.82, 2.24) is 4.90 Å². The first-order chi connectivity index (χ1) is 9.63. The lowest BCUT2D eigenvalue weighted by atomic mass is 10.2. The first kappa shape index (κ1) is 14.4. The smallest absolute Gasteiger partial charge is 0.242 e. The Labute approximate surface area is 122 Å². The van der Waals surface area contributed by atoms with Crippen LogP contribution in [0.2, 0.25) is 0 Å². The number of amides is 2. The Balaban J connectivity index is 2.11. The van der Waals surface area contributed by atoms with Crippen molar-refractivity contribution in [3.8, 4) is 6.07 Å². The number of nitriles is 1. The largest absolute Gasteiger partial charge is 0.343 e. The fraction of sp³-hybridized carbons (Fsp3) is 0.357. The number of para-hydroxylation sites is 1. The van der Waals surface area contributed by atoms with Crippen LogP contribution in [0.15, 0.2) is 29.2 Å². The van der Waals surface area contributed by atoms with Crippen molar-refractivity contribution in [1.29, 1.82) is 5.26 Å². The predicted molar refractivity (Wildman–Crippen MR) is 77.4 cm³/mol. The first-order valence-electron chi connectivity index (χ1n) is 6.26. The van der Waals surface area contributed by atoms with Crippen molar-refractivity contribution in [2.75, 3.05) is 30.8 Å². The van der Waals surface area contributed by atoms with E-state index in [4.69, 9.17) is 5.26 Å². The number of hydrogen-bond acceptors (Lipinski definition) is 4. The van der Waals surface area contributed by atoms with Crippen LogP contribution >= 0.6 is 11.8 Å². The van der Waals surface area contributed by atoms with Crippen molar-refractivity contribution < 1.29 is 9.59 Å². The predicted octanol–water partition coefficient (Wildman–Crippen LogP) is 1.50. The number of rotatable bonds is 4. The molecule has 0 spiro atoms. The number of carbonyl (C=O) groups is 2. The molecule has 0 fully saturated rings. The average molecular weight is 289 g/mol. The first-order valence-corrected chi connectivity index (χ1v) is 7.25. The van der Waals surface area contributed by atoms with Gasteiger partial charge in [-0.3, -0.25) is 9.59 Å². The lowest BCUT2D eigenvalue weighted by molar-refractivity contribution is -0.130. The van der Waals surface area contributed by atoms with Gasteiger partial charge >= 0.3 is 0 Å². The number of carbonyl (C=O) groups excluding carboxylic acids is 2. The maximum atomic E-state index is 12.1. The minimum atomic E-state index is -0.157. The highest BCUT2D eigenvalue weighted by Crippen LogP contribution is 2.34. The highest BCUT2D eigenvalue weighted by molar-refractivity contribution is 8.00.